The molecule has 0 saturated heterocycles. The van der Waals surface area contributed by atoms with Gasteiger partial charge < -0.3 is 5.73 Å². The summed E-state index contributed by atoms with van der Waals surface area (Å²) in [6.07, 6.45) is 0.160. The summed E-state index contributed by atoms with van der Waals surface area (Å²) in [5, 5.41) is 0. The lowest BCUT2D eigenvalue weighted by atomic mass is 10.0. The molecule has 0 unspecified atom stereocenters. The maximum absolute atomic E-state index is 10.5. The highest BCUT2D eigenvalue weighted by atomic mass is 16.1. The predicted octanol–water partition coefficient (Wildman–Crippen LogP) is 0.497. The van der Waals surface area contributed by atoms with Crippen molar-refractivity contribution < 1.29 is 4.79 Å². The Morgan fingerprint density at radius 3 is 2.42 bits per heavy atom. The molecule has 12 heavy (non-hydrogen) atoms. The second-order valence-electron chi connectivity index (χ2n) is 2.57. The predicted molar refractivity (Wildman–Crippen MR) is 46.1 cm³/mol. The molecule has 0 saturated carbocycles. The molecule has 0 heterocycles. The number of amides is 1. The third-order valence-corrected chi connectivity index (χ3v) is 1.69. The molecule has 1 amide bonds. The molecule has 3 heteroatoms. The molecule has 1 rings (SSSR count). The van der Waals surface area contributed by atoms with Gasteiger partial charge in [0.05, 0.1) is 6.42 Å². The molecule has 1 aromatic carbocycles. The van der Waals surface area contributed by atoms with Crippen molar-refractivity contribution >= 4 is 5.91 Å². The molecular weight excluding hydrogens is 152 g/mol. The number of rotatable bonds is 3. The van der Waals surface area contributed by atoms with Crippen LogP contribution in [0.5, 0.6) is 0 Å². The smallest absolute Gasteiger partial charge is 0.242 e. The van der Waals surface area contributed by atoms with Crippen LogP contribution < -0.4 is 11.5 Å². The van der Waals surface area contributed by atoms with Gasteiger partial charge in [0.25, 0.3) is 0 Å². The zero-order chi connectivity index (χ0) is 8.97. The number of carbonyl (C=O) groups excluding carboxylic acids is 1. The molecule has 1 radical (unpaired) electrons. The van der Waals surface area contributed by atoms with E-state index >= 15 is 0 Å². The zero-order valence-corrected chi connectivity index (χ0v) is 6.71. The Labute approximate surface area is 71.4 Å². The molecule has 63 valence electrons. The van der Waals surface area contributed by atoms with Crippen molar-refractivity contribution in [2.45, 2.75) is 13.0 Å². The largest absolute Gasteiger partial charge is 0.326 e. The Bertz CT molecular complexity index is 284. The molecule has 0 aliphatic rings. The summed E-state index contributed by atoms with van der Waals surface area (Å²) in [4.78, 5) is 10.5. The highest BCUT2D eigenvalue weighted by Crippen LogP contribution is 2.07. The molecule has 0 fully saturated rings. The highest BCUT2D eigenvalue weighted by Gasteiger charge is 2.02. The second kappa shape index (κ2) is 3.88. The van der Waals surface area contributed by atoms with Crippen molar-refractivity contribution in [1.82, 2.24) is 5.73 Å². The molecule has 0 aliphatic carbocycles. The van der Waals surface area contributed by atoms with Crippen LogP contribution in [0.15, 0.2) is 24.3 Å². The molecule has 0 aromatic heterocycles. The Balaban J connectivity index is 2.89. The van der Waals surface area contributed by atoms with E-state index in [-0.39, 0.29) is 6.42 Å². The number of hydrogen-bond acceptors (Lipinski definition) is 2. The molecular formula is C9H11N2O. The maximum atomic E-state index is 10.5. The van der Waals surface area contributed by atoms with Gasteiger partial charge in [0.1, 0.15) is 0 Å². The van der Waals surface area contributed by atoms with Crippen LogP contribution in [0.3, 0.4) is 0 Å². The Hall–Kier alpha value is -1.35. The van der Waals surface area contributed by atoms with E-state index in [4.69, 9.17) is 11.5 Å². The fourth-order valence-corrected chi connectivity index (χ4v) is 1.10. The minimum Gasteiger partial charge on any atom is -0.326 e. The molecule has 3 N–H and O–H groups in total. The highest BCUT2D eigenvalue weighted by molar-refractivity contribution is 5.76. The van der Waals surface area contributed by atoms with Gasteiger partial charge in [0.15, 0.2) is 0 Å². The second-order valence-corrected chi connectivity index (χ2v) is 2.57. The fraction of sp³-hybridized carbons (Fsp3) is 0.222. The van der Waals surface area contributed by atoms with Crippen LogP contribution in [0.25, 0.3) is 0 Å². The first-order chi connectivity index (χ1) is 5.74. The van der Waals surface area contributed by atoms with Crippen LogP contribution in [-0.4, -0.2) is 5.91 Å². The zero-order valence-electron chi connectivity index (χ0n) is 6.71. The molecule has 0 spiro atoms. The van der Waals surface area contributed by atoms with Crippen molar-refractivity contribution in [2.24, 2.45) is 5.73 Å². The standard InChI is InChI=1S/C9H11N2O/c10-6-8-4-2-1-3-7(8)5-9(11)12/h1-4,11H,5-6,10H2. The van der Waals surface area contributed by atoms with Crippen LogP contribution in [0.4, 0.5) is 0 Å². The van der Waals surface area contributed by atoms with Crippen LogP contribution >= 0.6 is 0 Å². The van der Waals surface area contributed by atoms with Crippen LogP contribution in [-0.2, 0) is 17.8 Å². The van der Waals surface area contributed by atoms with E-state index in [0.29, 0.717) is 6.54 Å². The maximum Gasteiger partial charge on any atom is 0.242 e. The lowest BCUT2D eigenvalue weighted by Crippen LogP contribution is -2.07. The van der Waals surface area contributed by atoms with Crippen LogP contribution in [0.2, 0.25) is 0 Å². The summed E-state index contributed by atoms with van der Waals surface area (Å²) in [7, 11) is 0. The van der Waals surface area contributed by atoms with E-state index in [9.17, 15) is 4.79 Å². The summed E-state index contributed by atoms with van der Waals surface area (Å²) in [6, 6.07) is 7.42. The molecule has 0 atom stereocenters. The van der Waals surface area contributed by atoms with Gasteiger partial charge in [0, 0.05) is 6.54 Å². The van der Waals surface area contributed by atoms with E-state index in [0.717, 1.165) is 11.1 Å². The number of carbonyl (C=O) groups is 1. The molecule has 0 bridgehead atoms. The Morgan fingerprint density at radius 1 is 1.33 bits per heavy atom. The van der Waals surface area contributed by atoms with Gasteiger partial charge in [-0.1, -0.05) is 24.3 Å². The monoisotopic (exact) mass is 163 g/mol. The average molecular weight is 163 g/mol. The number of benzene rings is 1. The van der Waals surface area contributed by atoms with Gasteiger partial charge >= 0.3 is 0 Å². The minimum absolute atomic E-state index is 0.160. The van der Waals surface area contributed by atoms with E-state index in [1.807, 2.05) is 24.3 Å². The fourth-order valence-electron chi connectivity index (χ4n) is 1.10. The van der Waals surface area contributed by atoms with Gasteiger partial charge in [0.2, 0.25) is 5.91 Å². The van der Waals surface area contributed by atoms with Crippen molar-refractivity contribution in [1.29, 1.82) is 0 Å². The quantitative estimate of drug-likeness (QED) is 0.705. The summed E-state index contributed by atoms with van der Waals surface area (Å²) < 4.78 is 0. The first kappa shape index (κ1) is 8.74. The lowest BCUT2D eigenvalue weighted by molar-refractivity contribution is -0.118. The summed E-state index contributed by atoms with van der Waals surface area (Å²) in [6.45, 7) is 0.420. The van der Waals surface area contributed by atoms with Gasteiger partial charge in [-0.15, -0.1) is 0 Å². The van der Waals surface area contributed by atoms with Gasteiger partial charge in [-0.05, 0) is 11.1 Å². The van der Waals surface area contributed by atoms with Gasteiger partial charge in [-0.3, -0.25) is 10.5 Å². The third-order valence-electron chi connectivity index (χ3n) is 1.69. The molecule has 0 aliphatic heterocycles. The topological polar surface area (TPSA) is 66.9 Å². The first-order valence-corrected chi connectivity index (χ1v) is 3.75. The first-order valence-electron chi connectivity index (χ1n) is 3.75. The van der Waals surface area contributed by atoms with E-state index in [1.54, 1.807) is 0 Å². The summed E-state index contributed by atoms with van der Waals surface area (Å²) in [5.41, 5.74) is 14.1. The van der Waals surface area contributed by atoms with Gasteiger partial charge in [-0.2, -0.15) is 0 Å². The van der Waals surface area contributed by atoms with Crippen molar-refractivity contribution in [3.63, 3.8) is 0 Å². The Kier molecular flexibility index (Phi) is 2.82. The normalized spacial score (nSPS) is 9.75. The minimum atomic E-state index is -0.573. The number of nitrogens with one attached hydrogen (secondary N) is 1. The van der Waals surface area contributed by atoms with E-state index in [2.05, 4.69) is 0 Å². The lowest BCUT2D eigenvalue weighted by Gasteiger charge is -2.03. The molecule has 1 aromatic rings. The number of hydrogen-bond donors (Lipinski definition) is 1. The van der Waals surface area contributed by atoms with E-state index in [1.165, 1.54) is 0 Å². The number of nitrogens with two attached hydrogens (primary N) is 1. The van der Waals surface area contributed by atoms with Crippen LogP contribution in [0.1, 0.15) is 11.1 Å². The summed E-state index contributed by atoms with van der Waals surface area (Å²) in [5.74, 6) is -0.573. The Morgan fingerprint density at radius 2 is 1.92 bits per heavy atom. The summed E-state index contributed by atoms with van der Waals surface area (Å²) >= 11 is 0. The molecule has 3 nitrogen and oxygen atoms in total. The van der Waals surface area contributed by atoms with E-state index < -0.39 is 5.91 Å². The third kappa shape index (κ3) is 2.07. The SMILES string of the molecule is [NH]C(=O)Cc1ccccc1CN. The van der Waals surface area contributed by atoms with Gasteiger partial charge in [-0.25, -0.2) is 0 Å². The van der Waals surface area contributed by atoms with Crippen molar-refractivity contribution in [3.05, 3.63) is 35.4 Å². The van der Waals surface area contributed by atoms with Crippen molar-refractivity contribution in [3.8, 4) is 0 Å². The average Bonchev–Trinajstić information content (AvgIpc) is 2.04. The van der Waals surface area contributed by atoms with Crippen LogP contribution in [0, 0.1) is 0 Å². The van der Waals surface area contributed by atoms with Crippen molar-refractivity contribution in [2.75, 3.05) is 0 Å².